The number of halogens is 1. The van der Waals surface area contributed by atoms with Gasteiger partial charge in [0.25, 0.3) is 0 Å². The third-order valence-electron chi connectivity index (χ3n) is 6.13. The van der Waals surface area contributed by atoms with Gasteiger partial charge in [-0.05, 0) is 73.7 Å². The van der Waals surface area contributed by atoms with Crippen LogP contribution in [0.2, 0.25) is 5.02 Å². The number of carbonyl (C=O) groups excluding carboxylic acids is 1. The maximum absolute atomic E-state index is 13.7. The van der Waals surface area contributed by atoms with E-state index in [9.17, 15) is 4.79 Å². The molecule has 1 amide bonds. The first-order chi connectivity index (χ1) is 15.9. The molecule has 3 aromatic carbocycles. The molecule has 2 heterocycles. The zero-order valence-electron chi connectivity index (χ0n) is 18.0. The lowest BCUT2D eigenvalue weighted by atomic mass is 9.78. The number of carbonyl (C=O) groups is 1. The Kier molecular flexibility index (Phi) is 5.38. The first-order valence-corrected chi connectivity index (χ1v) is 11.3. The van der Waals surface area contributed by atoms with Crippen molar-refractivity contribution in [3.63, 3.8) is 0 Å². The van der Waals surface area contributed by atoms with Gasteiger partial charge < -0.3 is 20.1 Å². The van der Waals surface area contributed by atoms with Crippen molar-refractivity contribution in [2.45, 2.75) is 18.7 Å². The highest BCUT2D eigenvalue weighted by Crippen LogP contribution is 2.49. The van der Waals surface area contributed by atoms with Crippen LogP contribution < -0.4 is 25.0 Å². The lowest BCUT2D eigenvalue weighted by molar-refractivity contribution is -0.130. The number of thiocarbonyl (C=S) groups is 1. The fraction of sp³-hybridized carbons (Fsp3) is 0.200. The highest BCUT2D eigenvalue weighted by atomic mass is 35.5. The molecule has 0 saturated carbocycles. The molecular weight excluding hydrogens is 458 g/mol. The van der Waals surface area contributed by atoms with Crippen molar-refractivity contribution in [2.24, 2.45) is 5.92 Å². The second-order valence-electron chi connectivity index (χ2n) is 8.13. The molecule has 8 heteroatoms. The number of nitrogens with zero attached hydrogens (tertiary/aromatic N) is 1. The SMILES string of the molecule is COc1ccc(NC(=O)[C@@H]2[C@H]3NC(=S)N(c4ccc(Cl)cc4)[C@@]2(C)Oc2ccccc23)cc1. The molecular formula is C25H22ClN3O3S. The van der Waals surface area contributed by atoms with Gasteiger partial charge >= 0.3 is 0 Å². The van der Waals surface area contributed by atoms with Crippen LogP contribution in [-0.2, 0) is 4.79 Å². The standard InChI is InChI=1S/C25H22ClN3O3S/c1-25-21(23(30)27-16-9-13-18(31-2)14-10-16)22(19-5-3-4-6-20(19)32-25)28-24(33)29(25)17-11-7-15(26)8-12-17/h3-14,21-22H,1-2H3,(H,27,30)(H,28,33)/t21-,22-,25-/m0/s1. The third-order valence-corrected chi connectivity index (χ3v) is 6.68. The second-order valence-corrected chi connectivity index (χ2v) is 8.95. The van der Waals surface area contributed by atoms with Gasteiger partial charge in [0.2, 0.25) is 5.91 Å². The van der Waals surface area contributed by atoms with Crippen LogP contribution in [0, 0.1) is 5.92 Å². The number of rotatable bonds is 4. The quantitative estimate of drug-likeness (QED) is 0.505. The molecule has 2 N–H and O–H groups in total. The van der Waals surface area contributed by atoms with Crippen molar-refractivity contribution in [3.05, 3.63) is 83.4 Å². The molecule has 0 unspecified atom stereocenters. The van der Waals surface area contributed by atoms with E-state index in [1.54, 1.807) is 31.4 Å². The Morgan fingerprint density at radius 2 is 1.82 bits per heavy atom. The molecule has 5 rings (SSSR count). The molecule has 1 fully saturated rings. The van der Waals surface area contributed by atoms with Gasteiger partial charge in [0.1, 0.15) is 17.4 Å². The van der Waals surface area contributed by atoms with Gasteiger partial charge in [0.15, 0.2) is 10.8 Å². The topological polar surface area (TPSA) is 62.8 Å². The fourth-order valence-electron chi connectivity index (χ4n) is 4.60. The fourth-order valence-corrected chi connectivity index (χ4v) is 5.14. The van der Waals surface area contributed by atoms with Crippen molar-refractivity contribution in [3.8, 4) is 11.5 Å². The Morgan fingerprint density at radius 1 is 1.12 bits per heavy atom. The van der Waals surface area contributed by atoms with Crippen LogP contribution >= 0.6 is 23.8 Å². The van der Waals surface area contributed by atoms with E-state index in [4.69, 9.17) is 33.3 Å². The van der Waals surface area contributed by atoms with Crippen molar-refractivity contribution in [1.29, 1.82) is 0 Å². The van der Waals surface area contributed by atoms with E-state index < -0.39 is 11.6 Å². The smallest absolute Gasteiger partial charge is 0.236 e. The van der Waals surface area contributed by atoms with Crippen molar-refractivity contribution in [1.82, 2.24) is 5.32 Å². The van der Waals surface area contributed by atoms with Gasteiger partial charge in [-0.1, -0.05) is 29.8 Å². The summed E-state index contributed by atoms with van der Waals surface area (Å²) in [6.45, 7) is 1.90. The molecule has 2 aliphatic rings. The van der Waals surface area contributed by atoms with Crippen LogP contribution in [0.4, 0.5) is 11.4 Å². The number of anilines is 2. The Hall–Kier alpha value is -3.29. The highest BCUT2D eigenvalue weighted by molar-refractivity contribution is 7.80. The largest absolute Gasteiger partial charge is 0.497 e. The predicted octanol–water partition coefficient (Wildman–Crippen LogP) is 5.15. The zero-order valence-corrected chi connectivity index (χ0v) is 19.6. The van der Waals surface area contributed by atoms with E-state index in [0.29, 0.717) is 27.3 Å². The number of ether oxygens (including phenoxy) is 2. The summed E-state index contributed by atoms with van der Waals surface area (Å²) in [6.07, 6.45) is 0. The molecule has 3 atom stereocenters. The van der Waals surface area contributed by atoms with Crippen LogP contribution in [0.15, 0.2) is 72.8 Å². The van der Waals surface area contributed by atoms with Gasteiger partial charge in [0, 0.05) is 22.0 Å². The molecule has 0 aromatic heterocycles. The minimum Gasteiger partial charge on any atom is -0.497 e. The van der Waals surface area contributed by atoms with Crippen LogP contribution in [0.3, 0.4) is 0 Å². The average Bonchev–Trinajstić information content (AvgIpc) is 2.80. The van der Waals surface area contributed by atoms with Crippen LogP contribution in [-0.4, -0.2) is 23.9 Å². The van der Waals surface area contributed by atoms with E-state index in [0.717, 1.165) is 11.3 Å². The van der Waals surface area contributed by atoms with Gasteiger partial charge in [0.05, 0.1) is 13.2 Å². The number of hydrogen-bond donors (Lipinski definition) is 2. The molecule has 3 aromatic rings. The third kappa shape index (κ3) is 3.67. The Morgan fingerprint density at radius 3 is 2.52 bits per heavy atom. The molecule has 0 radical (unpaired) electrons. The monoisotopic (exact) mass is 479 g/mol. The Labute approximate surface area is 202 Å². The summed E-state index contributed by atoms with van der Waals surface area (Å²) in [4.78, 5) is 15.6. The molecule has 0 spiro atoms. The second kappa shape index (κ2) is 8.24. The summed E-state index contributed by atoms with van der Waals surface area (Å²) in [7, 11) is 1.60. The highest BCUT2D eigenvalue weighted by Gasteiger charge is 2.59. The van der Waals surface area contributed by atoms with Crippen LogP contribution in [0.5, 0.6) is 11.5 Å². The number of fused-ring (bicyclic) bond motifs is 4. The van der Waals surface area contributed by atoms with Crippen molar-refractivity contribution in [2.75, 3.05) is 17.3 Å². The lowest BCUT2D eigenvalue weighted by Gasteiger charge is -2.56. The molecule has 1 saturated heterocycles. The minimum absolute atomic E-state index is 0.184. The molecule has 168 valence electrons. The van der Waals surface area contributed by atoms with Gasteiger partial charge in [-0.3, -0.25) is 9.69 Å². The maximum Gasteiger partial charge on any atom is 0.236 e. The summed E-state index contributed by atoms with van der Waals surface area (Å²) >= 11 is 11.9. The summed E-state index contributed by atoms with van der Waals surface area (Å²) in [5.41, 5.74) is 1.26. The number of nitrogens with one attached hydrogen (secondary N) is 2. The van der Waals surface area contributed by atoms with Gasteiger partial charge in [-0.15, -0.1) is 0 Å². The zero-order chi connectivity index (χ0) is 23.2. The summed E-state index contributed by atoms with van der Waals surface area (Å²) < 4.78 is 11.8. The number of para-hydroxylation sites is 1. The molecule has 0 aliphatic carbocycles. The van der Waals surface area contributed by atoms with E-state index in [1.807, 2.05) is 60.4 Å². The van der Waals surface area contributed by atoms with Crippen LogP contribution in [0.1, 0.15) is 18.5 Å². The first kappa shape index (κ1) is 21.6. The van der Waals surface area contributed by atoms with Crippen LogP contribution in [0.25, 0.3) is 0 Å². The normalized spacial score (nSPS) is 23.1. The van der Waals surface area contributed by atoms with E-state index in [1.165, 1.54) is 0 Å². The first-order valence-electron chi connectivity index (χ1n) is 10.5. The summed E-state index contributed by atoms with van der Waals surface area (Å²) in [5.74, 6) is 0.633. The van der Waals surface area contributed by atoms with Gasteiger partial charge in [-0.2, -0.15) is 0 Å². The summed E-state index contributed by atoms with van der Waals surface area (Å²) in [6, 6.07) is 21.9. The molecule has 2 bridgehead atoms. The van der Waals surface area contributed by atoms with Crippen molar-refractivity contribution < 1.29 is 14.3 Å². The minimum atomic E-state index is -1.08. The number of hydrogen-bond acceptors (Lipinski definition) is 4. The van der Waals surface area contributed by atoms with Crippen molar-refractivity contribution >= 4 is 46.2 Å². The summed E-state index contributed by atoms with van der Waals surface area (Å²) in [5, 5.41) is 7.52. The molecule has 2 aliphatic heterocycles. The maximum atomic E-state index is 13.7. The van der Waals surface area contributed by atoms with E-state index >= 15 is 0 Å². The van der Waals surface area contributed by atoms with E-state index in [-0.39, 0.29) is 11.9 Å². The number of methoxy groups -OCH3 is 1. The lowest BCUT2D eigenvalue weighted by Crippen LogP contribution is -2.72. The van der Waals surface area contributed by atoms with E-state index in [2.05, 4.69) is 10.6 Å². The predicted molar refractivity (Wildman–Crippen MR) is 133 cm³/mol. The number of amides is 1. The Balaban J connectivity index is 1.58. The molecule has 33 heavy (non-hydrogen) atoms. The number of benzene rings is 3. The Bertz CT molecular complexity index is 1220. The average molecular weight is 480 g/mol. The molecule has 6 nitrogen and oxygen atoms in total. The van der Waals surface area contributed by atoms with Gasteiger partial charge in [-0.25, -0.2) is 0 Å².